The lowest BCUT2D eigenvalue weighted by Crippen LogP contribution is -1.71. The summed E-state index contributed by atoms with van der Waals surface area (Å²) in [5.74, 6) is 0. The van der Waals surface area contributed by atoms with Crippen molar-refractivity contribution in [2.75, 3.05) is 6.26 Å². The molecule has 0 radical (unpaired) electrons. The maximum atomic E-state index is 4.27. The third-order valence-electron chi connectivity index (χ3n) is 1.19. The highest BCUT2D eigenvalue weighted by molar-refractivity contribution is 9.10. The fraction of sp³-hybridized carbons (Fsp3) is 0.167. The van der Waals surface area contributed by atoms with Gasteiger partial charge in [-0.1, -0.05) is 23.1 Å². The van der Waals surface area contributed by atoms with E-state index in [1.165, 1.54) is 0 Å². The Morgan fingerprint density at radius 2 is 2.07 bits per heavy atom. The predicted octanol–water partition coefficient (Wildman–Crippen LogP) is 3.63. The first-order chi connectivity index (χ1) is 6.78. The molecule has 0 fully saturated rings. The molecular formula is C6H4BrN3S4. The molecule has 74 valence electrons. The molecule has 0 aliphatic rings. The van der Waals surface area contributed by atoms with Crippen LogP contribution in [0.5, 0.6) is 0 Å². The maximum absolute atomic E-state index is 4.27. The SMILES string of the molecule is CSc1nnc(Sc2nc(Br)cs2)s1. The van der Waals surface area contributed by atoms with Gasteiger partial charge in [0.1, 0.15) is 4.60 Å². The monoisotopic (exact) mass is 325 g/mol. The van der Waals surface area contributed by atoms with E-state index in [4.69, 9.17) is 0 Å². The summed E-state index contributed by atoms with van der Waals surface area (Å²) in [4.78, 5) is 4.27. The Hall–Kier alpha value is 0.370. The number of rotatable bonds is 3. The predicted molar refractivity (Wildman–Crippen MR) is 65.6 cm³/mol. The summed E-state index contributed by atoms with van der Waals surface area (Å²) in [6.45, 7) is 0. The van der Waals surface area contributed by atoms with Gasteiger partial charge in [-0.15, -0.1) is 21.5 Å². The molecule has 0 spiro atoms. The standard InChI is InChI=1S/C6H4BrN3S4/c1-11-5-9-10-6(14-5)13-4-8-3(7)2-12-4/h2H,1H3. The number of nitrogens with zero attached hydrogens (tertiary/aromatic N) is 3. The molecule has 0 amide bonds. The average molecular weight is 326 g/mol. The van der Waals surface area contributed by atoms with Crippen LogP contribution in [0.4, 0.5) is 0 Å². The van der Waals surface area contributed by atoms with Crippen molar-refractivity contribution >= 4 is 62.1 Å². The molecular weight excluding hydrogens is 322 g/mol. The van der Waals surface area contributed by atoms with Gasteiger partial charge in [-0.25, -0.2) is 4.98 Å². The molecule has 2 heterocycles. The summed E-state index contributed by atoms with van der Waals surface area (Å²) in [5, 5.41) is 10.0. The minimum absolute atomic E-state index is 0.875. The van der Waals surface area contributed by atoms with Gasteiger partial charge in [-0.2, -0.15) is 0 Å². The zero-order chi connectivity index (χ0) is 9.97. The number of aromatic nitrogens is 3. The lowest BCUT2D eigenvalue weighted by atomic mass is 11.0. The van der Waals surface area contributed by atoms with Crippen molar-refractivity contribution in [2.45, 2.75) is 13.0 Å². The third kappa shape index (κ3) is 2.69. The molecule has 0 aliphatic carbocycles. The minimum Gasteiger partial charge on any atom is -0.222 e. The summed E-state index contributed by atoms with van der Waals surface area (Å²) >= 11 is 9.67. The lowest BCUT2D eigenvalue weighted by Gasteiger charge is -1.86. The van der Waals surface area contributed by atoms with Gasteiger partial charge in [0.25, 0.3) is 0 Å². The van der Waals surface area contributed by atoms with Crippen molar-refractivity contribution in [3.63, 3.8) is 0 Å². The smallest absolute Gasteiger partial charge is 0.182 e. The van der Waals surface area contributed by atoms with E-state index in [2.05, 4.69) is 31.1 Å². The number of hydrogen-bond donors (Lipinski definition) is 0. The third-order valence-corrected chi connectivity index (χ3v) is 5.79. The van der Waals surface area contributed by atoms with Crippen molar-refractivity contribution < 1.29 is 0 Å². The number of thiazole rings is 1. The second kappa shape index (κ2) is 4.93. The van der Waals surface area contributed by atoms with Crippen LogP contribution in [0.1, 0.15) is 0 Å². The molecule has 2 rings (SSSR count). The van der Waals surface area contributed by atoms with E-state index in [1.54, 1.807) is 46.2 Å². The van der Waals surface area contributed by atoms with Gasteiger partial charge in [0.05, 0.1) is 0 Å². The first-order valence-electron chi connectivity index (χ1n) is 3.44. The number of thioether (sulfide) groups is 1. The van der Waals surface area contributed by atoms with E-state index in [1.807, 2.05) is 11.6 Å². The first kappa shape index (κ1) is 10.9. The fourth-order valence-electron chi connectivity index (χ4n) is 0.681. The van der Waals surface area contributed by atoms with E-state index in [0.29, 0.717) is 0 Å². The minimum atomic E-state index is 0.875. The van der Waals surface area contributed by atoms with E-state index in [-0.39, 0.29) is 0 Å². The van der Waals surface area contributed by atoms with Gasteiger partial charge < -0.3 is 0 Å². The zero-order valence-corrected chi connectivity index (χ0v) is 11.8. The van der Waals surface area contributed by atoms with Crippen LogP contribution in [-0.4, -0.2) is 21.4 Å². The summed E-state index contributed by atoms with van der Waals surface area (Å²) in [5.41, 5.74) is 0. The highest BCUT2D eigenvalue weighted by Gasteiger charge is 2.07. The van der Waals surface area contributed by atoms with Gasteiger partial charge in [-0.3, -0.25) is 0 Å². The average Bonchev–Trinajstić information content (AvgIpc) is 2.76. The first-order valence-corrected chi connectivity index (χ1v) is 7.97. The molecule has 0 unspecified atom stereocenters. The van der Waals surface area contributed by atoms with Crippen molar-refractivity contribution in [3.05, 3.63) is 9.98 Å². The molecule has 0 atom stereocenters. The molecule has 0 aliphatic heterocycles. The van der Waals surface area contributed by atoms with Crippen molar-refractivity contribution in [1.29, 1.82) is 0 Å². The fourth-order valence-corrected chi connectivity index (χ4v) is 4.69. The van der Waals surface area contributed by atoms with Crippen LogP contribution in [0.3, 0.4) is 0 Å². The molecule has 3 nitrogen and oxygen atoms in total. The molecule has 2 aromatic heterocycles. The zero-order valence-electron chi connectivity index (χ0n) is 6.93. The largest absolute Gasteiger partial charge is 0.222 e. The second-order valence-electron chi connectivity index (χ2n) is 2.08. The highest BCUT2D eigenvalue weighted by atomic mass is 79.9. The van der Waals surface area contributed by atoms with Crippen LogP contribution in [0.15, 0.2) is 23.0 Å². The summed E-state index contributed by atoms with van der Waals surface area (Å²) in [6, 6.07) is 0. The lowest BCUT2D eigenvalue weighted by molar-refractivity contribution is 0.955. The highest BCUT2D eigenvalue weighted by Crippen LogP contribution is 2.34. The van der Waals surface area contributed by atoms with Gasteiger partial charge in [0.2, 0.25) is 0 Å². The van der Waals surface area contributed by atoms with Gasteiger partial charge in [0.15, 0.2) is 13.0 Å². The number of hydrogen-bond acceptors (Lipinski definition) is 7. The van der Waals surface area contributed by atoms with Crippen LogP contribution in [0.25, 0.3) is 0 Å². The van der Waals surface area contributed by atoms with Crippen molar-refractivity contribution in [2.24, 2.45) is 0 Å². The molecule has 0 bridgehead atoms. The van der Waals surface area contributed by atoms with E-state index in [9.17, 15) is 0 Å². The Balaban J connectivity index is 2.10. The van der Waals surface area contributed by atoms with E-state index >= 15 is 0 Å². The molecule has 14 heavy (non-hydrogen) atoms. The van der Waals surface area contributed by atoms with Gasteiger partial charge in [-0.05, 0) is 33.9 Å². The van der Waals surface area contributed by atoms with Crippen LogP contribution in [-0.2, 0) is 0 Å². The van der Waals surface area contributed by atoms with E-state index in [0.717, 1.165) is 17.6 Å². The molecule has 0 saturated heterocycles. The normalized spacial score (nSPS) is 10.7. The summed E-state index contributed by atoms with van der Waals surface area (Å²) in [7, 11) is 0. The van der Waals surface area contributed by atoms with Gasteiger partial charge in [0, 0.05) is 5.38 Å². The van der Waals surface area contributed by atoms with Crippen LogP contribution >= 0.6 is 62.1 Å². The summed E-state index contributed by atoms with van der Waals surface area (Å²) in [6.07, 6.45) is 1.99. The molecule has 0 saturated carbocycles. The maximum Gasteiger partial charge on any atom is 0.182 e. The molecule has 2 aromatic rings. The quantitative estimate of drug-likeness (QED) is 0.806. The van der Waals surface area contributed by atoms with Crippen molar-refractivity contribution in [3.8, 4) is 0 Å². The van der Waals surface area contributed by atoms with Crippen LogP contribution in [0, 0.1) is 0 Å². The van der Waals surface area contributed by atoms with Gasteiger partial charge >= 0.3 is 0 Å². The van der Waals surface area contributed by atoms with Crippen molar-refractivity contribution in [1.82, 2.24) is 15.2 Å². The Morgan fingerprint density at radius 3 is 2.64 bits per heavy atom. The molecule has 8 heteroatoms. The molecule has 0 N–H and O–H groups in total. The Kier molecular flexibility index (Phi) is 3.83. The second-order valence-corrected chi connectivity index (χ2v) is 7.27. The van der Waals surface area contributed by atoms with Crippen LogP contribution in [0.2, 0.25) is 0 Å². The molecule has 0 aromatic carbocycles. The Labute approximate surface area is 106 Å². The summed E-state index contributed by atoms with van der Waals surface area (Å²) < 4.78 is 3.79. The Bertz CT molecular complexity index is 426. The Morgan fingerprint density at radius 1 is 1.29 bits per heavy atom. The topological polar surface area (TPSA) is 38.7 Å². The van der Waals surface area contributed by atoms with Crippen LogP contribution < -0.4 is 0 Å². The number of halogens is 1. The van der Waals surface area contributed by atoms with E-state index < -0.39 is 0 Å².